The van der Waals surface area contributed by atoms with Gasteiger partial charge in [0.25, 0.3) is 0 Å². The number of thiophene rings is 1. The molecule has 1 saturated heterocycles. The quantitative estimate of drug-likeness (QED) is 0.887. The van der Waals surface area contributed by atoms with E-state index in [2.05, 4.69) is 48.5 Å². The molecule has 1 N–H and O–H groups in total. The SMILES string of the molecule is CC1CN(C(C)CNCc2cccs2)C(C)CO1. The molecule has 3 nitrogen and oxygen atoms in total. The van der Waals surface area contributed by atoms with Gasteiger partial charge in [0.05, 0.1) is 12.7 Å². The van der Waals surface area contributed by atoms with E-state index in [0.717, 1.165) is 26.2 Å². The molecule has 0 bridgehead atoms. The zero-order valence-electron chi connectivity index (χ0n) is 11.6. The fraction of sp³-hybridized carbons (Fsp3) is 0.714. The Hall–Kier alpha value is -0.420. The summed E-state index contributed by atoms with van der Waals surface area (Å²) in [5.74, 6) is 0. The molecule has 2 heterocycles. The van der Waals surface area contributed by atoms with Crippen molar-refractivity contribution < 1.29 is 4.74 Å². The van der Waals surface area contributed by atoms with E-state index < -0.39 is 0 Å². The van der Waals surface area contributed by atoms with Crippen LogP contribution in [0.1, 0.15) is 25.6 Å². The molecule has 1 aliphatic heterocycles. The van der Waals surface area contributed by atoms with Crippen LogP contribution in [-0.4, -0.2) is 42.8 Å². The molecule has 102 valence electrons. The molecule has 3 atom stereocenters. The van der Waals surface area contributed by atoms with Gasteiger partial charge in [-0.25, -0.2) is 0 Å². The lowest BCUT2D eigenvalue weighted by Gasteiger charge is -2.40. The average Bonchev–Trinajstić information content (AvgIpc) is 2.85. The van der Waals surface area contributed by atoms with E-state index in [1.54, 1.807) is 0 Å². The predicted octanol–water partition coefficient (Wildman–Crippen LogP) is 2.34. The fourth-order valence-corrected chi connectivity index (χ4v) is 3.15. The minimum Gasteiger partial charge on any atom is -0.376 e. The molecule has 2 rings (SSSR count). The number of hydrogen-bond donors (Lipinski definition) is 1. The number of morpholine rings is 1. The van der Waals surface area contributed by atoms with Crippen molar-refractivity contribution in [3.05, 3.63) is 22.4 Å². The Morgan fingerprint density at radius 2 is 2.39 bits per heavy atom. The topological polar surface area (TPSA) is 24.5 Å². The third-order valence-corrected chi connectivity index (χ3v) is 4.42. The summed E-state index contributed by atoms with van der Waals surface area (Å²) >= 11 is 1.82. The van der Waals surface area contributed by atoms with Gasteiger partial charge in [-0.05, 0) is 32.2 Å². The van der Waals surface area contributed by atoms with Crippen LogP contribution in [0.3, 0.4) is 0 Å². The van der Waals surface area contributed by atoms with E-state index in [0.29, 0.717) is 18.2 Å². The monoisotopic (exact) mass is 268 g/mol. The maximum atomic E-state index is 5.67. The van der Waals surface area contributed by atoms with Gasteiger partial charge in [-0.1, -0.05) is 6.07 Å². The highest BCUT2D eigenvalue weighted by molar-refractivity contribution is 7.09. The Labute approximate surface area is 114 Å². The number of nitrogens with one attached hydrogen (secondary N) is 1. The van der Waals surface area contributed by atoms with Crippen molar-refractivity contribution in [2.45, 2.75) is 45.5 Å². The van der Waals surface area contributed by atoms with E-state index in [4.69, 9.17) is 4.74 Å². The maximum absolute atomic E-state index is 5.67. The Balaban J connectivity index is 1.74. The molecule has 0 saturated carbocycles. The van der Waals surface area contributed by atoms with Gasteiger partial charge in [0.1, 0.15) is 0 Å². The Morgan fingerprint density at radius 1 is 1.56 bits per heavy atom. The summed E-state index contributed by atoms with van der Waals surface area (Å²) in [6, 6.07) is 5.38. The van der Waals surface area contributed by atoms with Gasteiger partial charge in [-0.3, -0.25) is 4.90 Å². The first-order valence-corrected chi connectivity index (χ1v) is 7.65. The first-order chi connectivity index (χ1) is 8.66. The summed E-state index contributed by atoms with van der Waals surface area (Å²) in [6.07, 6.45) is 0.362. The molecule has 1 aromatic heterocycles. The Kier molecular flexibility index (Phi) is 5.18. The number of hydrogen-bond acceptors (Lipinski definition) is 4. The van der Waals surface area contributed by atoms with Gasteiger partial charge >= 0.3 is 0 Å². The maximum Gasteiger partial charge on any atom is 0.0674 e. The van der Waals surface area contributed by atoms with Crippen molar-refractivity contribution >= 4 is 11.3 Å². The summed E-state index contributed by atoms with van der Waals surface area (Å²) in [7, 11) is 0. The molecule has 0 aliphatic carbocycles. The van der Waals surface area contributed by atoms with Crippen LogP contribution in [0.15, 0.2) is 17.5 Å². The van der Waals surface area contributed by atoms with Crippen LogP contribution in [0.5, 0.6) is 0 Å². The van der Waals surface area contributed by atoms with Gasteiger partial charge in [0, 0.05) is 36.6 Å². The molecular formula is C14H24N2OS. The second-order valence-corrected chi connectivity index (χ2v) is 6.28. The zero-order valence-corrected chi connectivity index (χ0v) is 12.4. The zero-order chi connectivity index (χ0) is 13.0. The van der Waals surface area contributed by atoms with E-state index in [1.165, 1.54) is 4.88 Å². The summed E-state index contributed by atoms with van der Waals surface area (Å²) in [6.45, 7) is 10.6. The summed E-state index contributed by atoms with van der Waals surface area (Å²) in [5, 5.41) is 5.68. The normalized spacial score (nSPS) is 27.3. The third kappa shape index (κ3) is 3.79. The van der Waals surface area contributed by atoms with E-state index in [-0.39, 0.29) is 0 Å². The molecule has 0 radical (unpaired) electrons. The molecule has 1 aliphatic rings. The molecule has 4 heteroatoms. The van der Waals surface area contributed by atoms with E-state index >= 15 is 0 Å². The number of rotatable bonds is 5. The predicted molar refractivity (Wildman–Crippen MR) is 77.1 cm³/mol. The highest BCUT2D eigenvalue weighted by Crippen LogP contribution is 2.14. The first kappa shape index (κ1) is 14.0. The van der Waals surface area contributed by atoms with E-state index in [9.17, 15) is 0 Å². The second-order valence-electron chi connectivity index (χ2n) is 5.25. The first-order valence-electron chi connectivity index (χ1n) is 6.77. The van der Waals surface area contributed by atoms with Gasteiger partial charge in [-0.2, -0.15) is 0 Å². The van der Waals surface area contributed by atoms with Crippen molar-refractivity contribution in [2.75, 3.05) is 19.7 Å². The lowest BCUT2D eigenvalue weighted by atomic mass is 10.1. The molecule has 0 amide bonds. The number of nitrogens with zero attached hydrogens (tertiary/aromatic N) is 1. The van der Waals surface area contributed by atoms with Crippen LogP contribution in [0.2, 0.25) is 0 Å². The van der Waals surface area contributed by atoms with Crippen LogP contribution >= 0.6 is 11.3 Å². The minimum absolute atomic E-state index is 0.362. The van der Waals surface area contributed by atoms with Crippen molar-refractivity contribution in [2.24, 2.45) is 0 Å². The Morgan fingerprint density at radius 3 is 3.11 bits per heavy atom. The summed E-state index contributed by atoms with van der Waals surface area (Å²) in [4.78, 5) is 3.96. The molecule has 0 spiro atoms. The smallest absolute Gasteiger partial charge is 0.0674 e. The molecule has 18 heavy (non-hydrogen) atoms. The van der Waals surface area contributed by atoms with Crippen molar-refractivity contribution in [3.8, 4) is 0 Å². The van der Waals surface area contributed by atoms with Gasteiger partial charge < -0.3 is 10.1 Å². The molecule has 3 unspecified atom stereocenters. The summed E-state index contributed by atoms with van der Waals surface area (Å²) < 4.78 is 5.67. The molecular weight excluding hydrogens is 244 g/mol. The van der Waals surface area contributed by atoms with Crippen LogP contribution in [0.4, 0.5) is 0 Å². The summed E-state index contributed by atoms with van der Waals surface area (Å²) in [5.41, 5.74) is 0. The van der Waals surface area contributed by atoms with Gasteiger partial charge in [0.15, 0.2) is 0 Å². The Bertz CT molecular complexity index is 342. The minimum atomic E-state index is 0.362. The highest BCUT2D eigenvalue weighted by atomic mass is 32.1. The van der Waals surface area contributed by atoms with Crippen molar-refractivity contribution in [1.29, 1.82) is 0 Å². The molecule has 1 aromatic rings. The van der Waals surface area contributed by atoms with Gasteiger partial charge in [0.2, 0.25) is 0 Å². The van der Waals surface area contributed by atoms with Gasteiger partial charge in [-0.15, -0.1) is 11.3 Å². The molecule has 0 aromatic carbocycles. The van der Waals surface area contributed by atoms with Crippen LogP contribution < -0.4 is 5.32 Å². The highest BCUT2D eigenvalue weighted by Gasteiger charge is 2.26. The van der Waals surface area contributed by atoms with Crippen LogP contribution in [0, 0.1) is 0 Å². The second kappa shape index (κ2) is 6.66. The number of ether oxygens (including phenoxy) is 1. The van der Waals surface area contributed by atoms with Crippen molar-refractivity contribution in [3.63, 3.8) is 0 Å². The van der Waals surface area contributed by atoms with Crippen LogP contribution in [0.25, 0.3) is 0 Å². The lowest BCUT2D eigenvalue weighted by Crippen LogP contribution is -2.53. The van der Waals surface area contributed by atoms with E-state index in [1.807, 2.05) is 11.3 Å². The average molecular weight is 268 g/mol. The van der Waals surface area contributed by atoms with Crippen molar-refractivity contribution in [1.82, 2.24) is 10.2 Å². The standard InChI is InChI=1S/C14H24N2OS/c1-11(7-15-8-14-5-4-6-18-14)16-9-13(3)17-10-12(16)2/h4-6,11-13,15H,7-10H2,1-3H3. The van der Waals surface area contributed by atoms with Crippen LogP contribution in [-0.2, 0) is 11.3 Å². The molecule has 1 fully saturated rings. The fourth-order valence-electron chi connectivity index (χ4n) is 2.48. The lowest BCUT2D eigenvalue weighted by molar-refractivity contribution is -0.0629. The largest absolute Gasteiger partial charge is 0.376 e. The third-order valence-electron chi connectivity index (χ3n) is 3.54.